The molecule has 2 bridgehead atoms. The maximum absolute atomic E-state index is 13.3. The maximum Gasteiger partial charge on any atom is 0.309 e. The molecule has 4 rings (SSSR count). The molecule has 0 atom stereocenters. The van der Waals surface area contributed by atoms with Gasteiger partial charge in [0.05, 0.1) is 10.4 Å². The van der Waals surface area contributed by atoms with E-state index in [9.17, 15) is 9.18 Å². The van der Waals surface area contributed by atoms with Gasteiger partial charge in [0.25, 0.3) is 0 Å². The number of aliphatic carboxylic acids is 1. The van der Waals surface area contributed by atoms with E-state index in [0.717, 1.165) is 5.56 Å². The summed E-state index contributed by atoms with van der Waals surface area (Å²) < 4.78 is 13.3. The van der Waals surface area contributed by atoms with Crippen LogP contribution in [0.5, 0.6) is 0 Å². The van der Waals surface area contributed by atoms with Gasteiger partial charge in [0.15, 0.2) is 0 Å². The van der Waals surface area contributed by atoms with Crippen LogP contribution in [0.4, 0.5) is 4.39 Å². The van der Waals surface area contributed by atoms with Crippen LogP contribution < -0.4 is 0 Å². The molecule has 0 aliphatic heterocycles. The van der Waals surface area contributed by atoms with Crippen molar-refractivity contribution in [1.29, 1.82) is 0 Å². The summed E-state index contributed by atoms with van der Waals surface area (Å²) >= 11 is 5.61. The molecule has 1 aromatic carbocycles. The minimum absolute atomic E-state index is 0.0934. The maximum atomic E-state index is 13.3. The minimum Gasteiger partial charge on any atom is -0.481 e. The molecule has 3 saturated carbocycles. The molecule has 4 heteroatoms. The highest BCUT2D eigenvalue weighted by molar-refractivity contribution is 6.30. The van der Waals surface area contributed by atoms with Crippen molar-refractivity contribution in [2.24, 2.45) is 5.41 Å². The lowest BCUT2D eigenvalue weighted by Crippen LogP contribution is -2.67. The molecule has 3 aliphatic carbocycles. The van der Waals surface area contributed by atoms with Crippen molar-refractivity contribution in [3.05, 3.63) is 34.6 Å². The Bertz CT molecular complexity index is 478. The van der Waals surface area contributed by atoms with Crippen LogP contribution in [-0.2, 0) is 10.2 Å². The molecular formula is C12H10ClFO2. The summed E-state index contributed by atoms with van der Waals surface area (Å²) in [6.45, 7) is 0. The second-order valence-electron chi connectivity index (χ2n) is 5.03. The van der Waals surface area contributed by atoms with Crippen LogP contribution in [0.2, 0.25) is 5.02 Å². The third kappa shape index (κ3) is 1.04. The molecule has 3 aliphatic rings. The zero-order valence-electron chi connectivity index (χ0n) is 8.46. The third-order valence-corrected chi connectivity index (χ3v) is 4.32. The average Bonchev–Trinajstić information content (AvgIpc) is 2.05. The first-order chi connectivity index (χ1) is 7.47. The van der Waals surface area contributed by atoms with Gasteiger partial charge in [-0.3, -0.25) is 4.79 Å². The average molecular weight is 241 g/mol. The summed E-state index contributed by atoms with van der Waals surface area (Å²) in [6.07, 6.45) is 1.91. The summed E-state index contributed by atoms with van der Waals surface area (Å²) in [5, 5.41) is 9.11. The highest BCUT2D eigenvalue weighted by atomic mass is 35.5. The van der Waals surface area contributed by atoms with Gasteiger partial charge in [-0.1, -0.05) is 17.7 Å². The number of carboxylic acid groups (broad SMARTS) is 1. The number of rotatable bonds is 2. The Labute approximate surface area is 97.0 Å². The zero-order valence-corrected chi connectivity index (χ0v) is 9.22. The van der Waals surface area contributed by atoms with Crippen LogP contribution in [0.3, 0.4) is 0 Å². The molecule has 0 amide bonds. The Morgan fingerprint density at radius 3 is 2.50 bits per heavy atom. The van der Waals surface area contributed by atoms with Gasteiger partial charge < -0.3 is 5.11 Å². The quantitative estimate of drug-likeness (QED) is 0.863. The molecule has 0 unspecified atom stereocenters. The third-order valence-electron chi connectivity index (χ3n) is 4.02. The Kier molecular flexibility index (Phi) is 1.75. The molecule has 0 heterocycles. The molecule has 0 aromatic heterocycles. The Hall–Kier alpha value is -1.09. The Morgan fingerprint density at radius 1 is 1.38 bits per heavy atom. The predicted molar refractivity (Wildman–Crippen MR) is 57.0 cm³/mol. The van der Waals surface area contributed by atoms with Gasteiger partial charge in [0.2, 0.25) is 0 Å². The van der Waals surface area contributed by atoms with Gasteiger partial charge in [-0.05, 0) is 42.4 Å². The normalized spacial score (nSPS) is 35.1. The summed E-state index contributed by atoms with van der Waals surface area (Å²) in [7, 11) is 0. The molecule has 16 heavy (non-hydrogen) atoms. The standard InChI is InChI=1S/C12H10ClFO2/c13-8-2-1-7(3-9(8)14)11-4-12(5-11,6-11)10(15)16/h1-3H,4-6H2,(H,15,16). The van der Waals surface area contributed by atoms with E-state index in [0.29, 0.717) is 19.3 Å². The fraction of sp³-hybridized carbons (Fsp3) is 0.417. The van der Waals surface area contributed by atoms with Crippen molar-refractivity contribution < 1.29 is 14.3 Å². The smallest absolute Gasteiger partial charge is 0.309 e. The minimum atomic E-state index is -0.719. The fourth-order valence-electron chi connectivity index (χ4n) is 3.15. The summed E-state index contributed by atoms with van der Waals surface area (Å²) in [5.74, 6) is -1.14. The summed E-state index contributed by atoms with van der Waals surface area (Å²) in [5.41, 5.74) is 0.275. The highest BCUT2D eigenvalue weighted by Crippen LogP contribution is 2.73. The van der Waals surface area contributed by atoms with E-state index in [1.54, 1.807) is 12.1 Å². The number of halogens is 2. The molecular weight excluding hydrogens is 231 g/mol. The van der Waals surface area contributed by atoms with Crippen molar-refractivity contribution in [1.82, 2.24) is 0 Å². The van der Waals surface area contributed by atoms with Crippen LogP contribution >= 0.6 is 11.6 Å². The second kappa shape index (κ2) is 2.77. The van der Waals surface area contributed by atoms with Crippen molar-refractivity contribution >= 4 is 17.6 Å². The van der Waals surface area contributed by atoms with E-state index in [-0.39, 0.29) is 10.4 Å². The van der Waals surface area contributed by atoms with E-state index in [1.807, 2.05) is 0 Å². The number of benzene rings is 1. The van der Waals surface area contributed by atoms with Crippen molar-refractivity contribution in [3.63, 3.8) is 0 Å². The molecule has 0 saturated heterocycles. The van der Waals surface area contributed by atoms with Crippen molar-refractivity contribution in [3.8, 4) is 0 Å². The Morgan fingerprint density at radius 2 is 2.00 bits per heavy atom. The van der Waals surface area contributed by atoms with Crippen LogP contribution in [0, 0.1) is 11.2 Å². The first kappa shape index (κ1) is 10.1. The van der Waals surface area contributed by atoms with Gasteiger partial charge in [0.1, 0.15) is 5.82 Å². The zero-order chi connectivity index (χ0) is 11.6. The fourth-order valence-corrected chi connectivity index (χ4v) is 3.26. The molecule has 3 fully saturated rings. The topological polar surface area (TPSA) is 37.3 Å². The molecule has 1 aromatic rings. The van der Waals surface area contributed by atoms with Crippen LogP contribution in [0.1, 0.15) is 24.8 Å². The molecule has 1 N–H and O–H groups in total. The van der Waals surface area contributed by atoms with Crippen LogP contribution in [0.25, 0.3) is 0 Å². The number of hydrogen-bond acceptors (Lipinski definition) is 1. The molecule has 0 spiro atoms. The van der Waals surface area contributed by atoms with E-state index in [4.69, 9.17) is 16.7 Å². The van der Waals surface area contributed by atoms with E-state index in [2.05, 4.69) is 0 Å². The molecule has 0 radical (unpaired) electrons. The lowest BCUT2D eigenvalue weighted by atomic mass is 9.33. The van der Waals surface area contributed by atoms with Gasteiger partial charge in [-0.2, -0.15) is 0 Å². The first-order valence-corrected chi connectivity index (χ1v) is 5.54. The first-order valence-electron chi connectivity index (χ1n) is 5.17. The lowest BCUT2D eigenvalue weighted by Gasteiger charge is -2.68. The van der Waals surface area contributed by atoms with E-state index < -0.39 is 17.2 Å². The van der Waals surface area contributed by atoms with Gasteiger partial charge >= 0.3 is 5.97 Å². The number of hydrogen-bond donors (Lipinski definition) is 1. The lowest BCUT2D eigenvalue weighted by molar-refractivity contribution is -0.194. The van der Waals surface area contributed by atoms with Crippen LogP contribution in [0.15, 0.2) is 18.2 Å². The van der Waals surface area contributed by atoms with Gasteiger partial charge in [-0.15, -0.1) is 0 Å². The second-order valence-corrected chi connectivity index (χ2v) is 5.43. The Balaban J connectivity index is 1.87. The number of carboxylic acids is 1. The highest BCUT2D eigenvalue weighted by Gasteiger charge is 2.72. The summed E-state index contributed by atoms with van der Waals surface area (Å²) in [6, 6.07) is 4.78. The largest absolute Gasteiger partial charge is 0.481 e. The summed E-state index contributed by atoms with van der Waals surface area (Å²) in [4.78, 5) is 10.9. The van der Waals surface area contributed by atoms with Crippen LogP contribution in [-0.4, -0.2) is 11.1 Å². The molecule has 2 nitrogen and oxygen atoms in total. The van der Waals surface area contributed by atoms with Gasteiger partial charge in [0, 0.05) is 0 Å². The predicted octanol–water partition coefficient (Wildman–Crippen LogP) is 2.99. The number of carbonyl (C=O) groups is 1. The van der Waals surface area contributed by atoms with Crippen molar-refractivity contribution in [2.75, 3.05) is 0 Å². The van der Waals surface area contributed by atoms with Crippen molar-refractivity contribution in [2.45, 2.75) is 24.7 Å². The van der Waals surface area contributed by atoms with Gasteiger partial charge in [-0.25, -0.2) is 4.39 Å². The van der Waals surface area contributed by atoms with E-state index in [1.165, 1.54) is 6.07 Å². The van der Waals surface area contributed by atoms with E-state index >= 15 is 0 Å². The monoisotopic (exact) mass is 240 g/mol. The molecule has 84 valence electrons. The SMILES string of the molecule is O=C(O)C12CC(c3ccc(Cl)c(F)c3)(C1)C2.